The van der Waals surface area contributed by atoms with E-state index < -0.39 is 58.2 Å². The van der Waals surface area contributed by atoms with Gasteiger partial charge in [0, 0.05) is 18.0 Å². The van der Waals surface area contributed by atoms with Gasteiger partial charge in [-0.25, -0.2) is 18.1 Å². The van der Waals surface area contributed by atoms with Gasteiger partial charge in [0.1, 0.15) is 17.7 Å². The summed E-state index contributed by atoms with van der Waals surface area (Å²) in [5.41, 5.74) is -4.43. The Balaban J connectivity index is 2.45. The number of carbonyl (C=O) groups is 2. The number of hydrogen-bond acceptors (Lipinski definition) is 7. The van der Waals surface area contributed by atoms with Crippen LogP contribution in [0.5, 0.6) is 0 Å². The van der Waals surface area contributed by atoms with Crippen molar-refractivity contribution in [2.75, 3.05) is 19.9 Å². The van der Waals surface area contributed by atoms with Gasteiger partial charge in [-0.15, -0.1) is 11.8 Å². The monoisotopic (exact) mass is 568 g/mol. The van der Waals surface area contributed by atoms with Crippen LogP contribution in [0.4, 0.5) is 17.6 Å². The molecule has 0 radical (unpaired) electrons. The first-order valence-corrected chi connectivity index (χ1v) is 12.3. The zero-order chi connectivity index (χ0) is 28.1. The van der Waals surface area contributed by atoms with Crippen molar-refractivity contribution in [3.8, 4) is 5.69 Å². The highest BCUT2D eigenvalue weighted by Gasteiger charge is 2.36. The van der Waals surface area contributed by atoms with Gasteiger partial charge in [0.2, 0.25) is 0 Å². The molecule has 1 aromatic heterocycles. The van der Waals surface area contributed by atoms with Crippen LogP contribution in [0.2, 0.25) is 5.02 Å². The van der Waals surface area contributed by atoms with Crippen molar-refractivity contribution < 1.29 is 36.6 Å². The van der Waals surface area contributed by atoms with Crippen molar-refractivity contribution >= 4 is 35.3 Å². The summed E-state index contributed by atoms with van der Waals surface area (Å²) in [4.78, 5) is 49.5. The van der Waals surface area contributed by atoms with E-state index in [0.717, 1.165) is 30.9 Å². The largest absolute Gasteiger partial charge is 0.466 e. The van der Waals surface area contributed by atoms with E-state index in [1.807, 2.05) is 0 Å². The number of rotatable bonds is 11. The van der Waals surface area contributed by atoms with Crippen LogP contribution in [0, 0.1) is 11.7 Å². The Bertz CT molecular complexity index is 1280. The Morgan fingerprint density at radius 1 is 1.16 bits per heavy atom. The Morgan fingerprint density at radius 3 is 2.38 bits per heavy atom. The fourth-order valence-corrected chi connectivity index (χ4v) is 4.54. The smallest absolute Gasteiger partial charge is 0.335 e. The maximum atomic E-state index is 14.8. The third-order valence-electron chi connectivity index (χ3n) is 5.05. The van der Waals surface area contributed by atoms with Crippen molar-refractivity contribution in [1.82, 2.24) is 9.13 Å². The summed E-state index contributed by atoms with van der Waals surface area (Å²) in [6, 6.07) is 2.18. The van der Waals surface area contributed by atoms with Gasteiger partial charge in [0.15, 0.2) is 6.67 Å². The first kappa shape index (κ1) is 30.4. The summed E-state index contributed by atoms with van der Waals surface area (Å²) in [6.45, 7) is 2.83. The van der Waals surface area contributed by atoms with E-state index >= 15 is 0 Å². The van der Waals surface area contributed by atoms with E-state index in [4.69, 9.17) is 21.1 Å². The van der Waals surface area contributed by atoms with Crippen LogP contribution in [-0.4, -0.2) is 46.2 Å². The average Bonchev–Trinajstić information content (AvgIpc) is 2.81. The molecular weight excluding hydrogens is 544 g/mol. The van der Waals surface area contributed by atoms with E-state index in [0.29, 0.717) is 15.2 Å². The van der Waals surface area contributed by atoms with E-state index in [9.17, 15) is 36.7 Å². The van der Waals surface area contributed by atoms with Crippen molar-refractivity contribution in [2.45, 2.75) is 43.3 Å². The van der Waals surface area contributed by atoms with Gasteiger partial charge in [-0.3, -0.25) is 19.0 Å². The molecule has 1 heterocycles. The van der Waals surface area contributed by atoms with Crippen LogP contribution in [0.25, 0.3) is 5.69 Å². The van der Waals surface area contributed by atoms with Gasteiger partial charge in [-0.05, 0) is 25.0 Å². The van der Waals surface area contributed by atoms with Crippen molar-refractivity contribution in [2.24, 2.45) is 13.0 Å². The molecule has 0 N–H and O–H groups in total. The lowest BCUT2D eigenvalue weighted by Gasteiger charge is -2.21. The minimum atomic E-state index is -4.11. The number of nitrogens with zero attached hydrogens (tertiary/aromatic N) is 2. The van der Waals surface area contributed by atoms with Crippen LogP contribution < -0.4 is 11.2 Å². The van der Waals surface area contributed by atoms with Crippen LogP contribution in [0.15, 0.2) is 32.7 Å². The lowest BCUT2D eigenvalue weighted by Crippen LogP contribution is -2.42. The zero-order valence-electron chi connectivity index (χ0n) is 20.4. The van der Waals surface area contributed by atoms with E-state index in [2.05, 4.69) is 0 Å². The molecule has 0 aliphatic heterocycles. The Morgan fingerprint density at radius 2 is 1.81 bits per heavy atom. The zero-order valence-corrected chi connectivity index (χ0v) is 21.9. The molecule has 14 heteroatoms. The van der Waals surface area contributed by atoms with Crippen molar-refractivity contribution in [3.05, 3.63) is 55.6 Å². The van der Waals surface area contributed by atoms with Crippen LogP contribution >= 0.6 is 23.4 Å². The third-order valence-corrected chi connectivity index (χ3v) is 7.06. The summed E-state index contributed by atoms with van der Waals surface area (Å²) in [5, 5.41) is -1.04. The van der Waals surface area contributed by atoms with Gasteiger partial charge in [0.05, 0.1) is 29.4 Å². The highest BCUT2D eigenvalue weighted by atomic mass is 35.5. The number of alkyl halides is 3. The topological polar surface area (TPSA) is 96.6 Å². The fraction of sp³-hybridized carbons (Fsp3) is 0.478. The number of aromatic nitrogens is 2. The maximum Gasteiger partial charge on any atom is 0.335 e. The summed E-state index contributed by atoms with van der Waals surface area (Å²) in [6.07, 6.45) is -0.153. The van der Waals surface area contributed by atoms with Crippen molar-refractivity contribution in [1.29, 1.82) is 0 Å². The molecule has 37 heavy (non-hydrogen) atoms. The number of halogens is 5. The molecule has 2 aromatic rings. The van der Waals surface area contributed by atoms with Gasteiger partial charge >= 0.3 is 23.6 Å². The lowest BCUT2D eigenvalue weighted by molar-refractivity contribution is -0.149. The minimum absolute atomic E-state index is 0.0891. The molecule has 0 bridgehead atoms. The van der Waals surface area contributed by atoms with Crippen LogP contribution in [0.1, 0.15) is 32.9 Å². The average molecular weight is 569 g/mol. The Labute approximate surface area is 218 Å². The highest BCUT2D eigenvalue weighted by molar-refractivity contribution is 8.00. The molecule has 1 atom stereocenters. The van der Waals surface area contributed by atoms with Crippen molar-refractivity contribution in [3.63, 3.8) is 0 Å². The number of esters is 2. The van der Waals surface area contributed by atoms with Gasteiger partial charge < -0.3 is 9.47 Å². The summed E-state index contributed by atoms with van der Waals surface area (Å²) in [5.74, 6) is -6.79. The molecule has 1 aromatic carbocycles. The highest BCUT2D eigenvalue weighted by Crippen LogP contribution is 2.36. The second-order valence-corrected chi connectivity index (χ2v) is 9.71. The third kappa shape index (κ3) is 7.16. The molecule has 204 valence electrons. The van der Waals surface area contributed by atoms with E-state index in [1.165, 1.54) is 0 Å². The number of hydrogen-bond donors (Lipinski definition) is 0. The molecule has 8 nitrogen and oxygen atoms in total. The second-order valence-electron chi connectivity index (χ2n) is 8.12. The standard InChI is InChI=1S/C23H25ClF4N2O6S/c1-5-35-19(32)6-7-36-21(33)20(12(2)3)37-16-9-15(14(26)8-13(16)24)30-18(31)10-17(23(27,28)11-25)29(4)22(30)34/h8-10,12,20H,5-7,11H2,1-4H3. The number of thioether (sulfide) groups is 1. The SMILES string of the molecule is CCOC(=O)CCOC(=O)C(Sc1cc(-n2c(=O)cc(C(F)(F)CF)n(C)c2=O)c(F)cc1Cl)C(C)C. The van der Waals surface area contributed by atoms with Crippen LogP contribution in [0.3, 0.4) is 0 Å². The molecule has 0 saturated heterocycles. The molecular formula is C23H25ClF4N2O6S. The molecule has 2 rings (SSSR count). The summed E-state index contributed by atoms with van der Waals surface area (Å²) < 4.78 is 65.9. The molecule has 0 aliphatic rings. The number of ether oxygens (including phenoxy) is 2. The summed E-state index contributed by atoms with van der Waals surface area (Å²) >= 11 is 7.01. The van der Waals surface area contributed by atoms with E-state index in [-0.39, 0.29) is 35.5 Å². The predicted molar refractivity (Wildman–Crippen MR) is 129 cm³/mol. The van der Waals surface area contributed by atoms with Gasteiger partial charge in [-0.2, -0.15) is 8.78 Å². The molecule has 1 unspecified atom stereocenters. The molecule has 0 amide bonds. The lowest BCUT2D eigenvalue weighted by atomic mass is 10.1. The van der Waals surface area contributed by atoms with E-state index in [1.54, 1.807) is 20.8 Å². The van der Waals surface area contributed by atoms with Gasteiger partial charge in [0.25, 0.3) is 5.56 Å². The first-order chi connectivity index (χ1) is 17.2. The molecule has 0 fully saturated rings. The first-order valence-electron chi connectivity index (χ1n) is 11.0. The number of benzene rings is 1. The second kappa shape index (κ2) is 12.6. The van der Waals surface area contributed by atoms with Crippen LogP contribution in [-0.2, 0) is 32.0 Å². The summed E-state index contributed by atoms with van der Waals surface area (Å²) in [7, 11) is 0.891. The molecule has 0 spiro atoms. The maximum absolute atomic E-state index is 14.8. The normalized spacial score (nSPS) is 12.5. The predicted octanol–water partition coefficient (Wildman–Crippen LogP) is 4.00. The fourth-order valence-electron chi connectivity index (χ4n) is 3.19. The van der Waals surface area contributed by atoms with Gasteiger partial charge in [-0.1, -0.05) is 25.4 Å². The Kier molecular flexibility index (Phi) is 10.4. The Hall–Kier alpha value is -2.80. The molecule has 0 aliphatic carbocycles. The minimum Gasteiger partial charge on any atom is -0.466 e. The quantitative estimate of drug-likeness (QED) is 0.230. The molecule has 0 saturated carbocycles. The number of carbonyl (C=O) groups excluding carboxylic acids is 2.